The lowest BCUT2D eigenvalue weighted by Gasteiger charge is -2.05. The SMILES string of the molecule is CN(C)/C=C/C(=O)c1cccc(Oc2ncccn2)c1. The van der Waals surface area contributed by atoms with E-state index in [0.717, 1.165) is 0 Å². The van der Waals surface area contributed by atoms with Gasteiger partial charge in [0.15, 0.2) is 5.78 Å². The van der Waals surface area contributed by atoms with Crippen LogP contribution in [0.5, 0.6) is 11.8 Å². The van der Waals surface area contributed by atoms with E-state index >= 15 is 0 Å². The van der Waals surface area contributed by atoms with Crippen molar-refractivity contribution in [2.75, 3.05) is 14.1 Å². The maximum Gasteiger partial charge on any atom is 0.321 e. The Hall–Kier alpha value is -2.69. The number of hydrogen-bond acceptors (Lipinski definition) is 5. The molecule has 0 saturated carbocycles. The zero-order valence-corrected chi connectivity index (χ0v) is 11.4. The highest BCUT2D eigenvalue weighted by molar-refractivity contribution is 6.04. The van der Waals surface area contributed by atoms with Gasteiger partial charge < -0.3 is 9.64 Å². The molecule has 2 aromatic rings. The van der Waals surface area contributed by atoms with Crippen LogP contribution in [0, 0.1) is 0 Å². The van der Waals surface area contributed by atoms with Crippen LogP contribution in [0.1, 0.15) is 10.4 Å². The zero-order chi connectivity index (χ0) is 14.4. The maximum atomic E-state index is 12.0. The summed E-state index contributed by atoms with van der Waals surface area (Å²) in [5, 5.41) is 0. The van der Waals surface area contributed by atoms with Gasteiger partial charge in [0, 0.05) is 44.3 Å². The summed E-state index contributed by atoms with van der Waals surface area (Å²) in [6.07, 6.45) is 6.41. The van der Waals surface area contributed by atoms with Crippen molar-refractivity contribution in [3.05, 3.63) is 60.6 Å². The average Bonchev–Trinajstić information content (AvgIpc) is 2.46. The minimum absolute atomic E-state index is 0.0851. The second-order valence-corrected chi connectivity index (χ2v) is 4.30. The summed E-state index contributed by atoms with van der Waals surface area (Å²) in [6, 6.07) is 8.87. The van der Waals surface area contributed by atoms with Crippen LogP contribution in [0.15, 0.2) is 55.0 Å². The minimum atomic E-state index is -0.0851. The van der Waals surface area contributed by atoms with Gasteiger partial charge in [0.25, 0.3) is 0 Å². The van der Waals surface area contributed by atoms with Crippen LogP contribution in [0.25, 0.3) is 0 Å². The number of benzene rings is 1. The molecule has 0 atom stereocenters. The van der Waals surface area contributed by atoms with Gasteiger partial charge in [-0.3, -0.25) is 4.79 Å². The Bertz CT molecular complexity index is 610. The van der Waals surface area contributed by atoms with E-state index < -0.39 is 0 Å². The number of nitrogens with zero attached hydrogens (tertiary/aromatic N) is 3. The van der Waals surface area contributed by atoms with E-state index in [2.05, 4.69) is 9.97 Å². The van der Waals surface area contributed by atoms with Crippen LogP contribution in [0.4, 0.5) is 0 Å². The third kappa shape index (κ3) is 3.91. The molecule has 0 spiro atoms. The lowest BCUT2D eigenvalue weighted by atomic mass is 10.1. The molecule has 0 aliphatic heterocycles. The normalized spacial score (nSPS) is 10.5. The number of carbonyl (C=O) groups is 1. The summed E-state index contributed by atoms with van der Waals surface area (Å²) in [5.74, 6) is 0.443. The summed E-state index contributed by atoms with van der Waals surface area (Å²) in [4.78, 5) is 21.7. The Morgan fingerprint density at radius 2 is 1.95 bits per heavy atom. The van der Waals surface area contributed by atoms with E-state index in [-0.39, 0.29) is 11.8 Å². The van der Waals surface area contributed by atoms with Gasteiger partial charge in [-0.2, -0.15) is 0 Å². The maximum absolute atomic E-state index is 12.0. The first-order valence-corrected chi connectivity index (χ1v) is 6.09. The van der Waals surface area contributed by atoms with Crippen molar-refractivity contribution in [3.8, 4) is 11.8 Å². The number of aromatic nitrogens is 2. The van der Waals surface area contributed by atoms with Crippen molar-refractivity contribution in [1.82, 2.24) is 14.9 Å². The van der Waals surface area contributed by atoms with E-state index in [9.17, 15) is 4.79 Å². The topological polar surface area (TPSA) is 55.3 Å². The Labute approximate surface area is 117 Å². The van der Waals surface area contributed by atoms with Crippen LogP contribution in [-0.4, -0.2) is 34.7 Å². The monoisotopic (exact) mass is 269 g/mol. The zero-order valence-electron chi connectivity index (χ0n) is 11.4. The van der Waals surface area contributed by atoms with Gasteiger partial charge in [-0.15, -0.1) is 0 Å². The first-order valence-electron chi connectivity index (χ1n) is 6.09. The van der Waals surface area contributed by atoms with Gasteiger partial charge in [0.05, 0.1) is 0 Å². The second-order valence-electron chi connectivity index (χ2n) is 4.30. The number of allylic oxidation sites excluding steroid dienone is 1. The number of ketones is 1. The van der Waals surface area contributed by atoms with Gasteiger partial charge in [0.2, 0.25) is 0 Å². The highest BCUT2D eigenvalue weighted by Crippen LogP contribution is 2.18. The molecular formula is C15H15N3O2. The average molecular weight is 269 g/mol. The molecule has 1 aromatic carbocycles. The predicted molar refractivity (Wildman–Crippen MR) is 75.7 cm³/mol. The van der Waals surface area contributed by atoms with E-state index in [4.69, 9.17) is 4.74 Å². The first-order chi connectivity index (χ1) is 9.65. The molecule has 0 unspecified atom stereocenters. The molecule has 0 amide bonds. The van der Waals surface area contributed by atoms with E-state index in [1.807, 2.05) is 14.1 Å². The third-order valence-corrected chi connectivity index (χ3v) is 2.39. The molecule has 0 bridgehead atoms. The van der Waals surface area contributed by atoms with Gasteiger partial charge in [0.1, 0.15) is 5.75 Å². The lowest BCUT2D eigenvalue weighted by Crippen LogP contribution is -2.03. The molecule has 1 heterocycles. The molecule has 0 radical (unpaired) electrons. The third-order valence-electron chi connectivity index (χ3n) is 2.39. The van der Waals surface area contributed by atoms with Gasteiger partial charge in [-0.05, 0) is 18.2 Å². The number of hydrogen-bond donors (Lipinski definition) is 0. The molecule has 0 aliphatic rings. The van der Waals surface area contributed by atoms with Crippen LogP contribution in [0.3, 0.4) is 0 Å². The van der Waals surface area contributed by atoms with Gasteiger partial charge in [-0.25, -0.2) is 9.97 Å². The van der Waals surface area contributed by atoms with Crippen molar-refractivity contribution in [2.24, 2.45) is 0 Å². The van der Waals surface area contributed by atoms with Crippen molar-refractivity contribution in [1.29, 1.82) is 0 Å². The van der Waals surface area contributed by atoms with Gasteiger partial charge in [-0.1, -0.05) is 12.1 Å². The molecule has 1 aromatic heterocycles. The Kier molecular flexibility index (Phi) is 4.44. The molecule has 0 aliphatic carbocycles. The summed E-state index contributed by atoms with van der Waals surface area (Å²) in [7, 11) is 3.71. The first kappa shape index (κ1) is 13.7. The largest absolute Gasteiger partial charge is 0.424 e. The quantitative estimate of drug-likeness (QED) is 0.616. The van der Waals surface area contributed by atoms with Crippen LogP contribution < -0.4 is 4.74 Å². The number of ether oxygens (including phenoxy) is 1. The number of rotatable bonds is 5. The summed E-state index contributed by atoms with van der Waals surface area (Å²) in [5.41, 5.74) is 0.552. The molecule has 20 heavy (non-hydrogen) atoms. The molecule has 0 saturated heterocycles. The van der Waals surface area contributed by atoms with Crippen LogP contribution in [0.2, 0.25) is 0 Å². The van der Waals surface area contributed by atoms with Crippen LogP contribution >= 0.6 is 0 Å². The fourth-order valence-electron chi connectivity index (χ4n) is 1.47. The smallest absolute Gasteiger partial charge is 0.321 e. The van der Waals surface area contributed by atoms with E-state index in [1.54, 1.807) is 53.8 Å². The minimum Gasteiger partial charge on any atom is -0.424 e. The lowest BCUT2D eigenvalue weighted by molar-refractivity contribution is 0.104. The Morgan fingerprint density at radius 1 is 1.20 bits per heavy atom. The van der Waals surface area contributed by atoms with Crippen molar-refractivity contribution in [2.45, 2.75) is 0 Å². The van der Waals surface area contributed by atoms with Crippen molar-refractivity contribution >= 4 is 5.78 Å². The summed E-state index contributed by atoms with van der Waals surface area (Å²) < 4.78 is 5.49. The molecule has 5 heteroatoms. The fourth-order valence-corrected chi connectivity index (χ4v) is 1.47. The molecule has 5 nitrogen and oxygen atoms in total. The standard InChI is InChI=1S/C15H15N3O2/c1-18(2)10-7-14(19)12-5-3-6-13(11-12)20-15-16-8-4-9-17-15/h3-11H,1-2H3/b10-7+. The van der Waals surface area contributed by atoms with Crippen LogP contribution in [-0.2, 0) is 0 Å². The molecule has 102 valence electrons. The molecule has 2 rings (SSSR count). The van der Waals surface area contributed by atoms with Crippen molar-refractivity contribution in [3.63, 3.8) is 0 Å². The molecular weight excluding hydrogens is 254 g/mol. The highest BCUT2D eigenvalue weighted by atomic mass is 16.5. The van der Waals surface area contributed by atoms with Crippen molar-refractivity contribution < 1.29 is 9.53 Å². The summed E-state index contributed by atoms with van der Waals surface area (Å²) >= 11 is 0. The molecule has 0 fully saturated rings. The fraction of sp³-hybridized carbons (Fsp3) is 0.133. The second kappa shape index (κ2) is 6.47. The van der Waals surface area contributed by atoms with Gasteiger partial charge >= 0.3 is 6.01 Å². The Balaban J connectivity index is 2.14. The Morgan fingerprint density at radius 3 is 2.65 bits per heavy atom. The highest BCUT2D eigenvalue weighted by Gasteiger charge is 2.05. The van der Waals surface area contributed by atoms with E-state index in [1.165, 1.54) is 6.08 Å². The summed E-state index contributed by atoms with van der Waals surface area (Å²) in [6.45, 7) is 0. The predicted octanol–water partition coefficient (Wildman–Crippen LogP) is 2.53. The number of carbonyl (C=O) groups excluding carboxylic acids is 1. The van der Waals surface area contributed by atoms with E-state index in [0.29, 0.717) is 11.3 Å². The molecule has 0 N–H and O–H groups in total.